The number of nitrogens with zero attached hydrogens (tertiary/aromatic N) is 1. The summed E-state index contributed by atoms with van der Waals surface area (Å²) in [4.78, 5) is 26.6. The fourth-order valence-electron chi connectivity index (χ4n) is 3.00. The van der Waals surface area contributed by atoms with Crippen LogP contribution in [-0.4, -0.2) is 43.5 Å². The van der Waals surface area contributed by atoms with Gasteiger partial charge in [-0.05, 0) is 47.7 Å². The number of ether oxygens (including phenoxy) is 2. The van der Waals surface area contributed by atoms with E-state index < -0.39 is 6.04 Å². The lowest BCUT2D eigenvalue weighted by atomic mass is 9.87. The average molecular weight is 413 g/mol. The van der Waals surface area contributed by atoms with Crippen LogP contribution in [0, 0.1) is 0 Å². The number of methoxy groups -OCH3 is 1. The van der Waals surface area contributed by atoms with E-state index in [2.05, 4.69) is 26.1 Å². The highest BCUT2D eigenvalue weighted by Crippen LogP contribution is 2.24. The molecule has 1 N–H and O–H groups in total. The van der Waals surface area contributed by atoms with Crippen molar-refractivity contribution in [3.8, 4) is 11.5 Å². The van der Waals surface area contributed by atoms with Crippen LogP contribution in [0.15, 0.2) is 48.5 Å². The molecule has 2 amide bonds. The Morgan fingerprint density at radius 3 is 2.07 bits per heavy atom. The van der Waals surface area contributed by atoms with Crippen molar-refractivity contribution in [1.82, 2.24) is 10.2 Å². The molecule has 2 aromatic carbocycles. The van der Waals surface area contributed by atoms with Crippen molar-refractivity contribution in [2.45, 2.75) is 45.7 Å². The number of hydrogen-bond donors (Lipinski definition) is 1. The van der Waals surface area contributed by atoms with Crippen LogP contribution in [0.2, 0.25) is 0 Å². The normalized spacial score (nSPS) is 12.1. The summed E-state index contributed by atoms with van der Waals surface area (Å²) in [6, 6.07) is 14.5. The van der Waals surface area contributed by atoms with E-state index in [1.54, 1.807) is 21.1 Å². The van der Waals surface area contributed by atoms with Gasteiger partial charge in [0.25, 0.3) is 5.91 Å². The van der Waals surface area contributed by atoms with Gasteiger partial charge in [0.1, 0.15) is 17.5 Å². The Labute approximate surface area is 179 Å². The molecule has 0 aliphatic heterocycles. The number of hydrogen-bond acceptors (Lipinski definition) is 4. The minimum atomic E-state index is -0.628. The number of carbonyl (C=O) groups is 2. The molecule has 0 heterocycles. The molecule has 0 aliphatic carbocycles. The molecule has 2 rings (SSSR count). The Balaban J connectivity index is 2.10. The third-order valence-electron chi connectivity index (χ3n) is 5.01. The molecule has 0 unspecified atom stereocenters. The third kappa shape index (κ3) is 6.24. The smallest absolute Gasteiger partial charge is 0.261 e. The molecule has 0 fully saturated rings. The fourth-order valence-corrected chi connectivity index (χ4v) is 3.00. The third-order valence-corrected chi connectivity index (χ3v) is 5.01. The first-order chi connectivity index (χ1) is 14.2. The summed E-state index contributed by atoms with van der Waals surface area (Å²) < 4.78 is 10.9. The Bertz CT molecular complexity index is 839. The number of amides is 2. The molecule has 0 aliphatic rings. The van der Waals surface area contributed by atoms with E-state index in [9.17, 15) is 9.59 Å². The van der Waals surface area contributed by atoms with Gasteiger partial charge in [0.05, 0.1) is 7.11 Å². The van der Waals surface area contributed by atoms with E-state index in [0.717, 1.165) is 11.3 Å². The van der Waals surface area contributed by atoms with Crippen molar-refractivity contribution < 1.29 is 19.1 Å². The van der Waals surface area contributed by atoms with Crippen LogP contribution in [0.25, 0.3) is 0 Å². The first-order valence-electron chi connectivity index (χ1n) is 10.0. The Morgan fingerprint density at radius 2 is 1.57 bits per heavy atom. The zero-order valence-corrected chi connectivity index (χ0v) is 18.7. The van der Waals surface area contributed by atoms with Crippen LogP contribution in [0.5, 0.6) is 11.5 Å². The zero-order valence-electron chi connectivity index (χ0n) is 18.7. The fraction of sp³-hybridized carbons (Fsp3) is 0.417. The summed E-state index contributed by atoms with van der Waals surface area (Å²) in [7, 11) is 3.16. The Morgan fingerprint density at radius 1 is 1.00 bits per heavy atom. The van der Waals surface area contributed by atoms with Gasteiger partial charge in [0, 0.05) is 13.6 Å². The summed E-state index contributed by atoms with van der Waals surface area (Å²) in [5, 5.41) is 2.60. The lowest BCUT2D eigenvalue weighted by molar-refractivity contribution is -0.142. The second-order valence-corrected chi connectivity index (χ2v) is 8.22. The molecule has 30 heavy (non-hydrogen) atoms. The van der Waals surface area contributed by atoms with Crippen molar-refractivity contribution in [3.63, 3.8) is 0 Å². The topological polar surface area (TPSA) is 67.9 Å². The van der Waals surface area contributed by atoms with Gasteiger partial charge < -0.3 is 19.7 Å². The van der Waals surface area contributed by atoms with Crippen LogP contribution in [0.1, 0.15) is 38.8 Å². The molecule has 0 saturated carbocycles. The highest BCUT2D eigenvalue weighted by atomic mass is 16.5. The summed E-state index contributed by atoms with van der Waals surface area (Å²) in [5.41, 5.74) is 2.14. The van der Waals surface area contributed by atoms with Gasteiger partial charge in [-0.1, -0.05) is 45.0 Å². The maximum atomic E-state index is 12.9. The molecule has 0 radical (unpaired) electrons. The second-order valence-electron chi connectivity index (χ2n) is 8.22. The average Bonchev–Trinajstić information content (AvgIpc) is 2.74. The quantitative estimate of drug-likeness (QED) is 0.720. The summed E-state index contributed by atoms with van der Waals surface area (Å²) >= 11 is 0. The lowest BCUT2D eigenvalue weighted by Gasteiger charge is -2.28. The van der Waals surface area contributed by atoms with E-state index >= 15 is 0 Å². The van der Waals surface area contributed by atoms with E-state index in [4.69, 9.17) is 9.47 Å². The first kappa shape index (κ1) is 23.3. The van der Waals surface area contributed by atoms with Crippen LogP contribution in [0.3, 0.4) is 0 Å². The molecular formula is C24H32N2O4. The highest BCUT2D eigenvalue weighted by molar-refractivity contribution is 5.87. The van der Waals surface area contributed by atoms with Gasteiger partial charge in [-0.15, -0.1) is 0 Å². The minimum Gasteiger partial charge on any atom is -0.497 e. The number of rotatable bonds is 8. The Hall–Kier alpha value is -3.02. The van der Waals surface area contributed by atoms with Gasteiger partial charge >= 0.3 is 0 Å². The molecule has 1 atom stereocenters. The summed E-state index contributed by atoms with van der Waals surface area (Å²) in [5.74, 6) is 0.861. The molecule has 0 aromatic heterocycles. The van der Waals surface area contributed by atoms with Gasteiger partial charge in [-0.3, -0.25) is 9.59 Å². The molecule has 162 valence electrons. The molecule has 0 saturated heterocycles. The van der Waals surface area contributed by atoms with Gasteiger partial charge in [0.2, 0.25) is 5.91 Å². The first-order valence-corrected chi connectivity index (χ1v) is 10.0. The molecule has 6 heteroatoms. The van der Waals surface area contributed by atoms with Gasteiger partial charge in [-0.25, -0.2) is 0 Å². The molecule has 6 nitrogen and oxygen atoms in total. The summed E-state index contributed by atoms with van der Waals surface area (Å²) in [6.07, 6.45) is 0. The molecular weight excluding hydrogens is 380 g/mol. The number of carbonyl (C=O) groups excluding carboxylic acids is 2. The van der Waals surface area contributed by atoms with Crippen LogP contribution < -0.4 is 14.8 Å². The monoisotopic (exact) mass is 412 g/mol. The van der Waals surface area contributed by atoms with Gasteiger partial charge in [0.15, 0.2) is 6.61 Å². The molecule has 0 spiro atoms. The largest absolute Gasteiger partial charge is 0.497 e. The number of benzene rings is 2. The van der Waals surface area contributed by atoms with Crippen LogP contribution in [-0.2, 0) is 21.5 Å². The lowest BCUT2D eigenvalue weighted by Crippen LogP contribution is -2.48. The van der Waals surface area contributed by atoms with Crippen molar-refractivity contribution in [1.29, 1.82) is 0 Å². The van der Waals surface area contributed by atoms with E-state index in [-0.39, 0.29) is 23.8 Å². The predicted octanol–water partition coefficient (Wildman–Crippen LogP) is 3.53. The highest BCUT2D eigenvalue weighted by Gasteiger charge is 2.26. The van der Waals surface area contributed by atoms with Crippen molar-refractivity contribution in [3.05, 3.63) is 59.7 Å². The number of likely N-dealkylation sites (N-methyl/N-ethyl adjacent to an activating group) is 1. The molecule has 0 bridgehead atoms. The zero-order chi connectivity index (χ0) is 22.3. The number of nitrogens with one attached hydrogen (secondary N) is 1. The minimum absolute atomic E-state index is 0.0481. The standard InChI is InChI=1S/C24H32N2O4/c1-17(23(28)25-5)26(15-18-7-11-20(29-6)12-8-18)22(27)16-30-21-13-9-19(10-14-21)24(2,3)4/h7-14,17H,15-16H2,1-6H3,(H,25,28)/t17-/m0/s1. The van der Waals surface area contributed by atoms with E-state index in [0.29, 0.717) is 12.3 Å². The maximum Gasteiger partial charge on any atom is 0.261 e. The van der Waals surface area contributed by atoms with Crippen LogP contribution in [0.4, 0.5) is 0 Å². The SMILES string of the molecule is CNC(=O)[C@H](C)N(Cc1ccc(OC)cc1)C(=O)COc1ccc(C(C)(C)C)cc1. The maximum absolute atomic E-state index is 12.9. The van der Waals surface area contributed by atoms with Gasteiger partial charge in [-0.2, -0.15) is 0 Å². The Kier molecular flexibility index (Phi) is 7.86. The van der Waals surface area contributed by atoms with E-state index in [1.807, 2.05) is 48.5 Å². The van der Waals surface area contributed by atoms with Crippen LogP contribution >= 0.6 is 0 Å². The summed E-state index contributed by atoms with van der Waals surface area (Å²) in [6.45, 7) is 8.28. The van der Waals surface area contributed by atoms with Crippen molar-refractivity contribution >= 4 is 11.8 Å². The van der Waals surface area contributed by atoms with Crippen molar-refractivity contribution in [2.24, 2.45) is 0 Å². The second kappa shape index (κ2) is 10.1. The molecule has 2 aromatic rings. The predicted molar refractivity (Wildman–Crippen MR) is 118 cm³/mol. The van der Waals surface area contributed by atoms with E-state index in [1.165, 1.54) is 10.5 Å². The van der Waals surface area contributed by atoms with Crippen molar-refractivity contribution in [2.75, 3.05) is 20.8 Å².